The average molecular weight is 255 g/mol. The van der Waals surface area contributed by atoms with Gasteiger partial charge in [-0.2, -0.15) is 0 Å². The first kappa shape index (κ1) is 12.9. The van der Waals surface area contributed by atoms with Crippen molar-refractivity contribution < 1.29 is 5.11 Å². The van der Waals surface area contributed by atoms with Gasteiger partial charge in [-0.25, -0.2) is 4.98 Å². The van der Waals surface area contributed by atoms with Gasteiger partial charge in [0.05, 0.1) is 18.5 Å². The normalized spacial score (nSPS) is 17.5. The fourth-order valence-electron chi connectivity index (χ4n) is 2.16. The fraction of sp³-hybridized carbons (Fsp3) is 0.750. The summed E-state index contributed by atoms with van der Waals surface area (Å²) >= 11 is 1.78. The molecular weight excluding hydrogens is 234 g/mol. The van der Waals surface area contributed by atoms with E-state index >= 15 is 0 Å². The topological polar surface area (TPSA) is 41.3 Å². The van der Waals surface area contributed by atoms with Crippen molar-refractivity contribution >= 4 is 11.8 Å². The van der Waals surface area contributed by atoms with Crippen LogP contribution in [-0.4, -0.2) is 44.9 Å². The van der Waals surface area contributed by atoms with Crippen molar-refractivity contribution in [1.82, 2.24) is 14.5 Å². The highest BCUT2D eigenvalue weighted by Crippen LogP contribution is 2.18. The Morgan fingerprint density at radius 1 is 1.35 bits per heavy atom. The molecule has 1 saturated heterocycles. The molecule has 1 aliphatic heterocycles. The van der Waals surface area contributed by atoms with Crippen molar-refractivity contribution in [2.24, 2.45) is 7.05 Å². The van der Waals surface area contributed by atoms with Crippen LogP contribution in [0.15, 0.2) is 11.4 Å². The zero-order chi connectivity index (χ0) is 12.1. The number of likely N-dealkylation sites (tertiary alicyclic amines) is 1. The number of piperidine rings is 1. The van der Waals surface area contributed by atoms with Gasteiger partial charge in [0.2, 0.25) is 0 Å². The Morgan fingerprint density at radius 2 is 2.12 bits per heavy atom. The fourth-order valence-corrected chi connectivity index (χ4v) is 3.13. The van der Waals surface area contributed by atoms with Crippen molar-refractivity contribution in [2.75, 3.05) is 25.4 Å². The molecule has 0 aliphatic carbocycles. The van der Waals surface area contributed by atoms with E-state index in [-0.39, 0.29) is 6.61 Å². The highest BCUT2D eigenvalue weighted by molar-refractivity contribution is 7.99. The van der Waals surface area contributed by atoms with Crippen LogP contribution in [0.4, 0.5) is 0 Å². The van der Waals surface area contributed by atoms with Gasteiger partial charge in [0, 0.05) is 19.3 Å². The predicted molar refractivity (Wildman–Crippen MR) is 70.1 cm³/mol. The molecule has 0 bridgehead atoms. The molecule has 1 aromatic rings. The molecule has 0 atom stereocenters. The average Bonchev–Trinajstić information content (AvgIpc) is 2.72. The zero-order valence-electron chi connectivity index (χ0n) is 10.4. The van der Waals surface area contributed by atoms with Crippen LogP contribution in [0, 0.1) is 0 Å². The number of imidazole rings is 1. The SMILES string of the molecule is Cn1c(CO)cnc1SCCN1CCCCC1. The van der Waals surface area contributed by atoms with E-state index < -0.39 is 0 Å². The molecule has 0 amide bonds. The Balaban J connectivity index is 1.75. The van der Waals surface area contributed by atoms with E-state index in [0.717, 1.165) is 23.1 Å². The van der Waals surface area contributed by atoms with Crippen LogP contribution in [0.25, 0.3) is 0 Å². The van der Waals surface area contributed by atoms with Crippen LogP contribution in [0.1, 0.15) is 25.0 Å². The van der Waals surface area contributed by atoms with Gasteiger partial charge in [0.15, 0.2) is 5.16 Å². The maximum atomic E-state index is 9.08. The highest BCUT2D eigenvalue weighted by atomic mass is 32.2. The van der Waals surface area contributed by atoms with Crippen molar-refractivity contribution in [3.63, 3.8) is 0 Å². The molecule has 1 N–H and O–H groups in total. The third kappa shape index (κ3) is 3.47. The summed E-state index contributed by atoms with van der Waals surface area (Å²) in [7, 11) is 1.96. The molecule has 0 radical (unpaired) electrons. The van der Waals surface area contributed by atoms with Gasteiger partial charge in [0.1, 0.15) is 0 Å². The van der Waals surface area contributed by atoms with Crippen LogP contribution >= 0.6 is 11.8 Å². The summed E-state index contributed by atoms with van der Waals surface area (Å²) in [6, 6.07) is 0. The second-order valence-electron chi connectivity index (χ2n) is 4.50. The first-order valence-corrected chi connectivity index (χ1v) is 7.26. The molecule has 1 fully saturated rings. The van der Waals surface area contributed by atoms with Crippen LogP contribution in [-0.2, 0) is 13.7 Å². The van der Waals surface area contributed by atoms with Crippen LogP contribution < -0.4 is 0 Å². The van der Waals surface area contributed by atoms with E-state index in [0.29, 0.717) is 0 Å². The minimum Gasteiger partial charge on any atom is -0.390 e. The second kappa shape index (κ2) is 6.42. The first-order valence-electron chi connectivity index (χ1n) is 6.28. The number of thioether (sulfide) groups is 1. The lowest BCUT2D eigenvalue weighted by molar-refractivity contribution is 0.242. The van der Waals surface area contributed by atoms with E-state index in [9.17, 15) is 0 Å². The maximum Gasteiger partial charge on any atom is 0.168 e. The molecule has 2 heterocycles. The monoisotopic (exact) mass is 255 g/mol. The molecule has 0 aromatic carbocycles. The molecule has 17 heavy (non-hydrogen) atoms. The van der Waals surface area contributed by atoms with E-state index in [1.807, 2.05) is 11.6 Å². The number of hydrogen-bond donors (Lipinski definition) is 1. The minimum absolute atomic E-state index is 0.0657. The lowest BCUT2D eigenvalue weighted by Gasteiger charge is -2.25. The number of aliphatic hydroxyl groups excluding tert-OH is 1. The maximum absolute atomic E-state index is 9.08. The van der Waals surface area contributed by atoms with Gasteiger partial charge in [-0.1, -0.05) is 18.2 Å². The van der Waals surface area contributed by atoms with Gasteiger partial charge in [0.25, 0.3) is 0 Å². The Bertz CT molecular complexity index is 348. The highest BCUT2D eigenvalue weighted by Gasteiger charge is 2.11. The summed E-state index contributed by atoms with van der Waals surface area (Å²) in [4.78, 5) is 6.85. The molecule has 1 aromatic heterocycles. The Hall–Kier alpha value is -0.520. The smallest absolute Gasteiger partial charge is 0.168 e. The largest absolute Gasteiger partial charge is 0.390 e. The molecule has 0 saturated carbocycles. The lowest BCUT2D eigenvalue weighted by atomic mass is 10.1. The van der Waals surface area contributed by atoms with E-state index in [4.69, 9.17) is 5.11 Å². The summed E-state index contributed by atoms with van der Waals surface area (Å²) in [5, 5.41) is 10.1. The molecule has 4 nitrogen and oxygen atoms in total. The summed E-state index contributed by atoms with van der Waals surface area (Å²) in [5.74, 6) is 1.08. The molecule has 96 valence electrons. The van der Waals surface area contributed by atoms with Crippen LogP contribution in [0.3, 0.4) is 0 Å². The number of aliphatic hydroxyl groups is 1. The molecule has 2 rings (SSSR count). The van der Waals surface area contributed by atoms with Gasteiger partial charge in [-0.05, 0) is 25.9 Å². The molecule has 1 aliphatic rings. The summed E-state index contributed by atoms with van der Waals surface area (Å²) < 4.78 is 1.97. The van der Waals surface area contributed by atoms with Crippen molar-refractivity contribution in [2.45, 2.75) is 31.0 Å². The van der Waals surface area contributed by atoms with E-state index in [1.54, 1.807) is 18.0 Å². The third-order valence-corrected chi connectivity index (χ3v) is 4.32. The summed E-state index contributed by atoms with van der Waals surface area (Å²) in [6.45, 7) is 3.72. The lowest BCUT2D eigenvalue weighted by Crippen LogP contribution is -2.31. The minimum atomic E-state index is 0.0657. The summed E-state index contributed by atoms with van der Waals surface area (Å²) in [6.07, 6.45) is 5.84. The van der Waals surface area contributed by atoms with Gasteiger partial charge in [-0.15, -0.1) is 0 Å². The third-order valence-electron chi connectivity index (χ3n) is 3.29. The predicted octanol–water partition coefficient (Wildman–Crippen LogP) is 1.49. The molecule has 0 unspecified atom stereocenters. The van der Waals surface area contributed by atoms with Crippen molar-refractivity contribution in [1.29, 1.82) is 0 Å². The molecule has 5 heteroatoms. The van der Waals surface area contributed by atoms with Gasteiger partial charge >= 0.3 is 0 Å². The van der Waals surface area contributed by atoms with Crippen LogP contribution in [0.2, 0.25) is 0 Å². The van der Waals surface area contributed by atoms with Crippen molar-refractivity contribution in [3.8, 4) is 0 Å². The number of hydrogen-bond acceptors (Lipinski definition) is 4. The Morgan fingerprint density at radius 3 is 2.76 bits per heavy atom. The number of rotatable bonds is 5. The molecule has 0 spiro atoms. The zero-order valence-corrected chi connectivity index (χ0v) is 11.2. The van der Waals surface area contributed by atoms with Gasteiger partial charge in [-0.3, -0.25) is 0 Å². The van der Waals surface area contributed by atoms with Gasteiger partial charge < -0.3 is 14.6 Å². The van der Waals surface area contributed by atoms with Crippen molar-refractivity contribution in [3.05, 3.63) is 11.9 Å². The van der Waals surface area contributed by atoms with E-state index in [1.165, 1.54) is 32.4 Å². The summed E-state index contributed by atoms with van der Waals surface area (Å²) in [5.41, 5.74) is 0.880. The van der Waals surface area contributed by atoms with Crippen LogP contribution in [0.5, 0.6) is 0 Å². The number of nitrogens with zero attached hydrogens (tertiary/aromatic N) is 3. The Kier molecular flexibility index (Phi) is 4.88. The molecular formula is C12H21N3OS. The quantitative estimate of drug-likeness (QED) is 0.809. The standard InChI is InChI=1S/C12H21N3OS/c1-14-11(10-16)9-13-12(14)17-8-7-15-5-3-2-4-6-15/h9,16H,2-8,10H2,1H3. The second-order valence-corrected chi connectivity index (χ2v) is 5.56. The first-order chi connectivity index (χ1) is 8.31. The number of aromatic nitrogens is 2. The van der Waals surface area contributed by atoms with E-state index in [2.05, 4.69) is 9.88 Å². The Labute approximate surface area is 107 Å².